The maximum absolute atomic E-state index is 9.00. The second-order valence-electron chi connectivity index (χ2n) is 3.43. The van der Waals surface area contributed by atoms with Crippen LogP contribution in [0.15, 0.2) is 36.4 Å². The summed E-state index contributed by atoms with van der Waals surface area (Å²) < 4.78 is 5.57. The molecule has 0 spiro atoms. The molecule has 0 saturated heterocycles. The predicted octanol–water partition coefficient (Wildman–Crippen LogP) is 5.31. The first-order valence-electron chi connectivity index (χ1n) is 4.92. The van der Waals surface area contributed by atoms with Gasteiger partial charge in [0.25, 0.3) is 0 Å². The molecule has 0 radical (unpaired) electrons. The van der Waals surface area contributed by atoms with E-state index < -0.39 is 0 Å². The maximum atomic E-state index is 9.00. The molecule has 0 amide bonds. The molecule has 18 heavy (non-hydrogen) atoms. The van der Waals surface area contributed by atoms with Gasteiger partial charge in [-0.15, -0.1) is 0 Å². The fraction of sp³-hybridized carbons (Fsp3) is 0. The lowest BCUT2D eigenvalue weighted by Crippen LogP contribution is -1.89. The molecule has 0 heterocycles. The normalized spacial score (nSPS) is 9.89. The highest BCUT2D eigenvalue weighted by molar-refractivity contribution is 6.34. The molecular formula is C13H6Cl3NO. The van der Waals surface area contributed by atoms with Crippen molar-refractivity contribution in [1.82, 2.24) is 0 Å². The van der Waals surface area contributed by atoms with Gasteiger partial charge in [-0.05, 0) is 30.3 Å². The van der Waals surface area contributed by atoms with Gasteiger partial charge in [0.05, 0.1) is 10.6 Å². The van der Waals surface area contributed by atoms with Crippen molar-refractivity contribution in [2.24, 2.45) is 0 Å². The van der Waals surface area contributed by atoms with E-state index >= 15 is 0 Å². The monoisotopic (exact) mass is 297 g/mol. The van der Waals surface area contributed by atoms with E-state index in [9.17, 15) is 0 Å². The van der Waals surface area contributed by atoms with Crippen LogP contribution in [0.4, 0.5) is 0 Å². The van der Waals surface area contributed by atoms with E-state index in [1.165, 1.54) is 6.07 Å². The molecule has 2 aromatic rings. The third kappa shape index (κ3) is 2.88. The number of hydrogen-bond donors (Lipinski definition) is 0. The summed E-state index contributed by atoms with van der Waals surface area (Å²) in [4.78, 5) is 0. The molecule has 0 aromatic heterocycles. The number of nitrogens with zero attached hydrogens (tertiary/aromatic N) is 1. The molecule has 0 atom stereocenters. The van der Waals surface area contributed by atoms with Gasteiger partial charge in [0.2, 0.25) is 0 Å². The van der Waals surface area contributed by atoms with Crippen LogP contribution in [0.25, 0.3) is 0 Å². The van der Waals surface area contributed by atoms with Crippen LogP contribution in [-0.2, 0) is 0 Å². The summed E-state index contributed by atoms with van der Waals surface area (Å²) >= 11 is 17.6. The molecule has 0 N–H and O–H groups in total. The summed E-state index contributed by atoms with van der Waals surface area (Å²) in [6.45, 7) is 0. The number of halogens is 3. The Hall–Kier alpha value is -1.40. The lowest BCUT2D eigenvalue weighted by atomic mass is 10.2. The summed E-state index contributed by atoms with van der Waals surface area (Å²) in [5.74, 6) is 0.772. The molecule has 90 valence electrons. The fourth-order valence-corrected chi connectivity index (χ4v) is 1.84. The van der Waals surface area contributed by atoms with Crippen molar-refractivity contribution >= 4 is 34.8 Å². The van der Waals surface area contributed by atoms with E-state index in [0.29, 0.717) is 32.1 Å². The fourth-order valence-electron chi connectivity index (χ4n) is 1.35. The van der Waals surface area contributed by atoms with Gasteiger partial charge in [0.15, 0.2) is 0 Å². The largest absolute Gasteiger partial charge is 0.454 e. The quantitative estimate of drug-likeness (QED) is 0.752. The zero-order valence-electron chi connectivity index (χ0n) is 8.95. The second kappa shape index (κ2) is 5.49. The van der Waals surface area contributed by atoms with Crippen LogP contribution in [0.5, 0.6) is 11.5 Å². The van der Waals surface area contributed by atoms with Crippen LogP contribution >= 0.6 is 34.8 Å². The Bertz CT molecular complexity index is 635. The molecule has 0 bridgehead atoms. The molecule has 0 aliphatic heterocycles. The van der Waals surface area contributed by atoms with Gasteiger partial charge >= 0.3 is 0 Å². The molecule has 2 rings (SSSR count). The molecule has 0 aliphatic carbocycles. The van der Waals surface area contributed by atoms with Crippen LogP contribution in [-0.4, -0.2) is 0 Å². The van der Waals surface area contributed by atoms with E-state index in [0.717, 1.165) is 0 Å². The Morgan fingerprint density at radius 2 is 1.56 bits per heavy atom. The zero-order valence-corrected chi connectivity index (χ0v) is 11.2. The van der Waals surface area contributed by atoms with Crippen molar-refractivity contribution in [3.63, 3.8) is 0 Å². The zero-order chi connectivity index (χ0) is 13.1. The molecule has 0 aliphatic rings. The third-order valence-electron chi connectivity index (χ3n) is 2.18. The molecular weight excluding hydrogens is 293 g/mol. The van der Waals surface area contributed by atoms with Crippen LogP contribution in [0.3, 0.4) is 0 Å². The van der Waals surface area contributed by atoms with E-state index in [1.54, 1.807) is 30.3 Å². The van der Waals surface area contributed by atoms with E-state index in [4.69, 9.17) is 44.8 Å². The van der Waals surface area contributed by atoms with Crippen LogP contribution in [0.2, 0.25) is 15.1 Å². The minimum Gasteiger partial charge on any atom is -0.454 e. The Labute approximate surface area is 119 Å². The van der Waals surface area contributed by atoms with E-state index in [1.807, 2.05) is 6.07 Å². The highest BCUT2D eigenvalue weighted by Crippen LogP contribution is 2.33. The average Bonchev–Trinajstić information content (AvgIpc) is 2.36. The summed E-state index contributed by atoms with van der Waals surface area (Å²) in [5.41, 5.74) is 0.332. The number of ether oxygens (including phenoxy) is 1. The molecule has 0 saturated carbocycles. The average molecular weight is 299 g/mol. The SMILES string of the molecule is N#Cc1cc(Cl)ccc1Oc1cc(Cl)ccc1Cl. The lowest BCUT2D eigenvalue weighted by Gasteiger charge is -2.09. The van der Waals surface area contributed by atoms with E-state index in [-0.39, 0.29) is 0 Å². The van der Waals surface area contributed by atoms with Crippen LogP contribution in [0, 0.1) is 11.3 Å². The first-order valence-corrected chi connectivity index (χ1v) is 6.06. The predicted molar refractivity (Wildman–Crippen MR) is 72.7 cm³/mol. The number of nitriles is 1. The lowest BCUT2D eigenvalue weighted by molar-refractivity contribution is 0.481. The van der Waals surface area contributed by atoms with Crippen molar-refractivity contribution < 1.29 is 4.74 Å². The maximum Gasteiger partial charge on any atom is 0.147 e. The Kier molecular flexibility index (Phi) is 3.98. The standard InChI is InChI=1S/C13H6Cl3NO/c14-9-2-4-12(8(5-9)7-17)18-13-6-10(15)1-3-11(13)16/h1-6H. The Balaban J connectivity index is 2.40. The van der Waals surface area contributed by atoms with Gasteiger partial charge in [-0.2, -0.15) is 5.26 Å². The highest BCUT2D eigenvalue weighted by atomic mass is 35.5. The minimum atomic E-state index is 0.332. The molecule has 2 nitrogen and oxygen atoms in total. The second-order valence-corrected chi connectivity index (χ2v) is 4.71. The van der Waals surface area contributed by atoms with Gasteiger partial charge < -0.3 is 4.74 Å². The van der Waals surface area contributed by atoms with Gasteiger partial charge in [-0.25, -0.2) is 0 Å². The first kappa shape index (κ1) is 13.0. The van der Waals surface area contributed by atoms with Crippen LogP contribution < -0.4 is 4.74 Å². The third-order valence-corrected chi connectivity index (χ3v) is 2.96. The topological polar surface area (TPSA) is 33.0 Å². The smallest absolute Gasteiger partial charge is 0.147 e. The van der Waals surface area contributed by atoms with Gasteiger partial charge in [-0.1, -0.05) is 34.8 Å². The van der Waals surface area contributed by atoms with Crippen molar-refractivity contribution in [3.05, 3.63) is 57.0 Å². The van der Waals surface area contributed by atoms with Crippen molar-refractivity contribution in [2.45, 2.75) is 0 Å². The number of hydrogen-bond acceptors (Lipinski definition) is 2. The molecule has 0 fully saturated rings. The Morgan fingerprint density at radius 1 is 0.889 bits per heavy atom. The summed E-state index contributed by atoms with van der Waals surface area (Å²) in [6, 6.07) is 11.6. The summed E-state index contributed by atoms with van der Waals surface area (Å²) in [7, 11) is 0. The first-order chi connectivity index (χ1) is 8.60. The number of rotatable bonds is 2. The van der Waals surface area contributed by atoms with Gasteiger partial charge in [0.1, 0.15) is 17.6 Å². The van der Waals surface area contributed by atoms with Crippen molar-refractivity contribution in [3.8, 4) is 17.6 Å². The van der Waals surface area contributed by atoms with Gasteiger partial charge in [-0.3, -0.25) is 0 Å². The summed E-state index contributed by atoms with van der Waals surface area (Å²) in [6.07, 6.45) is 0. The van der Waals surface area contributed by atoms with E-state index in [2.05, 4.69) is 0 Å². The highest BCUT2D eigenvalue weighted by Gasteiger charge is 2.08. The van der Waals surface area contributed by atoms with Crippen LogP contribution in [0.1, 0.15) is 5.56 Å². The molecule has 5 heteroatoms. The van der Waals surface area contributed by atoms with Crippen molar-refractivity contribution in [2.75, 3.05) is 0 Å². The van der Waals surface area contributed by atoms with Crippen molar-refractivity contribution in [1.29, 1.82) is 5.26 Å². The van der Waals surface area contributed by atoms with Gasteiger partial charge in [0, 0.05) is 16.1 Å². The molecule has 0 unspecified atom stereocenters. The Morgan fingerprint density at radius 3 is 2.28 bits per heavy atom. The number of benzene rings is 2. The minimum absolute atomic E-state index is 0.332. The summed E-state index contributed by atoms with van der Waals surface area (Å²) in [5, 5.41) is 10.4. The molecule has 2 aromatic carbocycles.